The Labute approximate surface area is 85.2 Å². The van der Waals surface area contributed by atoms with Crippen molar-refractivity contribution in [1.29, 1.82) is 0 Å². The van der Waals surface area contributed by atoms with Crippen LogP contribution in [0.3, 0.4) is 0 Å². The summed E-state index contributed by atoms with van der Waals surface area (Å²) in [5.74, 6) is 0.741. The largest absolute Gasteiger partial charge is 0.265 e. The van der Waals surface area contributed by atoms with Gasteiger partial charge in [0.1, 0.15) is 0 Å². The van der Waals surface area contributed by atoms with Crippen molar-refractivity contribution in [3.05, 3.63) is 48.7 Å². The predicted molar refractivity (Wildman–Crippen MR) is 61.3 cm³/mol. The van der Waals surface area contributed by atoms with Gasteiger partial charge in [0.2, 0.25) is 0 Å². The van der Waals surface area contributed by atoms with E-state index in [4.69, 9.17) is 0 Å². The lowest BCUT2D eigenvalue weighted by Crippen LogP contribution is -2.13. The second-order valence-corrected chi connectivity index (χ2v) is 3.90. The minimum Gasteiger partial charge on any atom is -0.265 e. The molecule has 1 aliphatic heterocycles. The molecule has 1 spiro atoms. The lowest BCUT2D eigenvalue weighted by Gasteiger charge is -2.19. The minimum atomic E-state index is 0.328. The van der Waals surface area contributed by atoms with Gasteiger partial charge in [0, 0.05) is 17.3 Å². The van der Waals surface area contributed by atoms with Crippen LogP contribution >= 0.6 is 0 Å². The first-order valence-corrected chi connectivity index (χ1v) is 4.94. The fraction of sp³-hybridized carbons (Fsp3) is 0.308. The first-order valence-electron chi connectivity index (χ1n) is 4.94. The molecule has 2 unspecified atom stereocenters. The van der Waals surface area contributed by atoms with Crippen molar-refractivity contribution >= 4 is 6.21 Å². The van der Waals surface area contributed by atoms with Crippen LogP contribution in [0, 0.1) is 11.3 Å². The van der Waals surface area contributed by atoms with Gasteiger partial charge in [0.25, 0.3) is 0 Å². The molecule has 72 valence electrons. The molecule has 0 bridgehead atoms. The molecule has 0 aromatic carbocycles. The maximum absolute atomic E-state index is 4.39. The summed E-state index contributed by atoms with van der Waals surface area (Å²) in [6.45, 7) is 8.06. The Morgan fingerprint density at radius 2 is 2.29 bits per heavy atom. The smallest absolute Gasteiger partial charge is 0.0376 e. The molecule has 3 aliphatic rings. The Morgan fingerprint density at radius 3 is 3.07 bits per heavy atom. The van der Waals surface area contributed by atoms with Crippen LogP contribution in [0.5, 0.6) is 0 Å². The van der Waals surface area contributed by atoms with Crippen LogP contribution in [-0.4, -0.2) is 6.21 Å². The highest BCUT2D eigenvalue weighted by molar-refractivity contribution is 5.81. The molecule has 3 rings (SSSR count). The zero-order valence-electron chi connectivity index (χ0n) is 8.53. The summed E-state index contributed by atoms with van der Waals surface area (Å²) in [6.07, 6.45) is 12.3. The molecule has 0 aromatic rings. The SMILES string of the molecule is C=C.CC1=CC2=CC=CC3CC23C=N1. The minimum absolute atomic E-state index is 0.328. The van der Waals surface area contributed by atoms with Gasteiger partial charge in [-0.25, -0.2) is 0 Å². The summed E-state index contributed by atoms with van der Waals surface area (Å²) in [4.78, 5) is 4.39. The molecule has 0 radical (unpaired) electrons. The van der Waals surface area contributed by atoms with Gasteiger partial charge in [-0.3, -0.25) is 4.99 Å². The van der Waals surface area contributed by atoms with Crippen LogP contribution in [-0.2, 0) is 0 Å². The highest BCUT2D eigenvalue weighted by atomic mass is 14.8. The average Bonchev–Trinajstić information content (AvgIpc) is 2.94. The Hall–Kier alpha value is -1.37. The standard InChI is InChI=1S/C11H11N.C2H4/c1-8-5-9-3-2-4-10-6-11(9,10)7-12-8;1-2/h2-5,7,10H,6H2,1H3;1-2H2. The zero-order chi connectivity index (χ0) is 10.2. The second-order valence-electron chi connectivity index (χ2n) is 3.90. The van der Waals surface area contributed by atoms with E-state index in [-0.39, 0.29) is 0 Å². The predicted octanol–water partition coefficient (Wildman–Crippen LogP) is 3.28. The molecular formula is C13H15N. The summed E-state index contributed by atoms with van der Waals surface area (Å²) in [7, 11) is 0. The summed E-state index contributed by atoms with van der Waals surface area (Å²) < 4.78 is 0. The molecule has 0 saturated heterocycles. The van der Waals surface area contributed by atoms with E-state index in [9.17, 15) is 0 Å². The third-order valence-corrected chi connectivity index (χ3v) is 3.08. The van der Waals surface area contributed by atoms with Crippen molar-refractivity contribution in [3.63, 3.8) is 0 Å². The number of rotatable bonds is 0. The zero-order valence-corrected chi connectivity index (χ0v) is 8.53. The van der Waals surface area contributed by atoms with E-state index < -0.39 is 0 Å². The molecule has 2 aliphatic carbocycles. The quantitative estimate of drug-likeness (QED) is 0.513. The van der Waals surface area contributed by atoms with Gasteiger partial charge >= 0.3 is 0 Å². The second kappa shape index (κ2) is 3.09. The van der Waals surface area contributed by atoms with Crippen molar-refractivity contribution in [2.45, 2.75) is 13.3 Å². The van der Waals surface area contributed by atoms with Gasteiger partial charge in [0.05, 0.1) is 0 Å². The average molecular weight is 185 g/mol. The Morgan fingerprint density at radius 1 is 1.50 bits per heavy atom. The van der Waals surface area contributed by atoms with Crippen LogP contribution in [0.15, 0.2) is 53.7 Å². The Bertz CT molecular complexity index is 371. The van der Waals surface area contributed by atoms with Crippen LogP contribution in [0.1, 0.15) is 13.3 Å². The summed E-state index contributed by atoms with van der Waals surface area (Å²) >= 11 is 0. The Balaban J connectivity index is 0.000000354. The highest BCUT2D eigenvalue weighted by Crippen LogP contribution is 2.60. The van der Waals surface area contributed by atoms with Gasteiger partial charge < -0.3 is 0 Å². The van der Waals surface area contributed by atoms with Gasteiger partial charge in [-0.1, -0.05) is 18.2 Å². The van der Waals surface area contributed by atoms with Gasteiger partial charge in [-0.2, -0.15) is 0 Å². The fourth-order valence-electron chi connectivity index (χ4n) is 2.21. The van der Waals surface area contributed by atoms with E-state index in [0.29, 0.717) is 5.41 Å². The number of hydrogen-bond acceptors (Lipinski definition) is 1. The summed E-state index contributed by atoms with van der Waals surface area (Å²) in [6, 6.07) is 0. The molecular weight excluding hydrogens is 170 g/mol. The number of aliphatic imine (C=N–C) groups is 1. The van der Waals surface area contributed by atoms with E-state index in [1.54, 1.807) is 0 Å². The van der Waals surface area contributed by atoms with Crippen LogP contribution in [0.4, 0.5) is 0 Å². The maximum atomic E-state index is 4.39. The third-order valence-electron chi connectivity index (χ3n) is 3.08. The molecule has 1 fully saturated rings. The molecule has 0 N–H and O–H groups in total. The number of allylic oxidation sites excluding steroid dienone is 6. The molecule has 14 heavy (non-hydrogen) atoms. The van der Waals surface area contributed by atoms with Gasteiger partial charge in [-0.15, -0.1) is 13.2 Å². The molecule has 2 atom stereocenters. The van der Waals surface area contributed by atoms with Crippen LogP contribution in [0.2, 0.25) is 0 Å². The van der Waals surface area contributed by atoms with Crippen molar-refractivity contribution in [3.8, 4) is 0 Å². The summed E-state index contributed by atoms with van der Waals surface area (Å²) in [5, 5.41) is 0. The third kappa shape index (κ3) is 1.12. The first kappa shape index (κ1) is 9.20. The summed E-state index contributed by atoms with van der Waals surface area (Å²) in [5.41, 5.74) is 2.92. The first-order chi connectivity index (χ1) is 6.81. The van der Waals surface area contributed by atoms with E-state index in [0.717, 1.165) is 11.6 Å². The lowest BCUT2D eigenvalue weighted by molar-refractivity contribution is 0.797. The van der Waals surface area contributed by atoms with E-state index in [1.165, 1.54) is 12.0 Å². The normalized spacial score (nSPS) is 35.6. The maximum Gasteiger partial charge on any atom is 0.0376 e. The Kier molecular flexibility index (Phi) is 2.03. The van der Waals surface area contributed by atoms with Crippen molar-refractivity contribution in [2.24, 2.45) is 16.3 Å². The highest BCUT2D eigenvalue weighted by Gasteiger charge is 2.55. The van der Waals surface area contributed by atoms with E-state index in [1.807, 2.05) is 0 Å². The van der Waals surface area contributed by atoms with Gasteiger partial charge in [-0.05, 0) is 30.9 Å². The number of hydrogen-bond donors (Lipinski definition) is 0. The molecule has 1 nitrogen and oxygen atoms in total. The fourth-order valence-corrected chi connectivity index (χ4v) is 2.21. The monoisotopic (exact) mass is 185 g/mol. The van der Waals surface area contributed by atoms with Crippen molar-refractivity contribution in [2.75, 3.05) is 0 Å². The lowest BCUT2D eigenvalue weighted by atomic mass is 9.88. The molecule has 0 aromatic heterocycles. The molecule has 1 saturated carbocycles. The topological polar surface area (TPSA) is 12.4 Å². The molecule has 1 heterocycles. The van der Waals surface area contributed by atoms with Crippen molar-refractivity contribution in [1.82, 2.24) is 0 Å². The molecule has 0 amide bonds. The van der Waals surface area contributed by atoms with Crippen LogP contribution in [0.25, 0.3) is 0 Å². The van der Waals surface area contributed by atoms with Gasteiger partial charge in [0.15, 0.2) is 0 Å². The molecule has 1 heteroatoms. The number of nitrogens with zero attached hydrogens (tertiary/aromatic N) is 1. The van der Waals surface area contributed by atoms with E-state index >= 15 is 0 Å². The van der Waals surface area contributed by atoms with Crippen LogP contribution < -0.4 is 0 Å². The van der Waals surface area contributed by atoms with E-state index in [2.05, 4.69) is 55.6 Å². The van der Waals surface area contributed by atoms with Crippen molar-refractivity contribution < 1.29 is 0 Å².